The van der Waals surface area contributed by atoms with Gasteiger partial charge in [0.1, 0.15) is 5.75 Å². The Labute approximate surface area is 188 Å². The van der Waals surface area contributed by atoms with Gasteiger partial charge in [0.05, 0.1) is 18.2 Å². The number of halogens is 1. The SMILES string of the molecule is Cc1cc(O)c(C(c2cccc(Cl)c2)N2CCN(C)CC2)c(=O)n1Cc1ccccc1. The number of piperazine rings is 1. The molecule has 6 heteroatoms. The van der Waals surface area contributed by atoms with Crippen LogP contribution < -0.4 is 5.56 Å². The van der Waals surface area contributed by atoms with Gasteiger partial charge < -0.3 is 14.6 Å². The van der Waals surface area contributed by atoms with E-state index in [1.54, 1.807) is 10.6 Å². The molecule has 5 nitrogen and oxygen atoms in total. The monoisotopic (exact) mass is 437 g/mol. The largest absolute Gasteiger partial charge is 0.507 e. The highest BCUT2D eigenvalue weighted by molar-refractivity contribution is 6.30. The van der Waals surface area contributed by atoms with Gasteiger partial charge in [-0.3, -0.25) is 9.69 Å². The van der Waals surface area contributed by atoms with Gasteiger partial charge in [0.15, 0.2) is 0 Å². The summed E-state index contributed by atoms with van der Waals surface area (Å²) in [5.74, 6) is 0.0377. The highest BCUT2D eigenvalue weighted by Crippen LogP contribution is 2.34. The highest BCUT2D eigenvalue weighted by Gasteiger charge is 2.31. The Morgan fingerprint density at radius 2 is 1.71 bits per heavy atom. The average Bonchev–Trinajstić information content (AvgIpc) is 2.76. The Kier molecular flexibility index (Phi) is 6.46. The first-order valence-corrected chi connectivity index (χ1v) is 11.0. The minimum atomic E-state index is -0.359. The predicted molar refractivity (Wildman–Crippen MR) is 125 cm³/mol. The summed E-state index contributed by atoms with van der Waals surface area (Å²) in [4.78, 5) is 18.3. The molecule has 0 bridgehead atoms. The number of pyridine rings is 1. The third kappa shape index (κ3) is 4.69. The molecule has 2 heterocycles. The van der Waals surface area contributed by atoms with Crippen molar-refractivity contribution < 1.29 is 5.11 Å². The van der Waals surface area contributed by atoms with E-state index in [0.717, 1.165) is 43.0 Å². The average molecular weight is 438 g/mol. The number of aryl methyl sites for hydroxylation is 1. The van der Waals surface area contributed by atoms with Crippen molar-refractivity contribution in [2.45, 2.75) is 19.5 Å². The van der Waals surface area contributed by atoms with Crippen LogP contribution in [0, 0.1) is 6.92 Å². The van der Waals surface area contributed by atoms with Gasteiger partial charge in [-0.05, 0) is 43.3 Å². The molecule has 0 aliphatic carbocycles. The molecule has 0 amide bonds. The second-order valence-corrected chi connectivity index (χ2v) is 8.69. The normalized spacial score (nSPS) is 16.4. The van der Waals surface area contributed by atoms with Gasteiger partial charge in [0.2, 0.25) is 0 Å². The van der Waals surface area contributed by atoms with Crippen molar-refractivity contribution >= 4 is 11.6 Å². The quantitative estimate of drug-likeness (QED) is 0.657. The summed E-state index contributed by atoms with van der Waals surface area (Å²) >= 11 is 6.31. The van der Waals surface area contributed by atoms with Gasteiger partial charge in [-0.25, -0.2) is 0 Å². The third-order valence-corrected chi connectivity index (χ3v) is 6.28. The Bertz CT molecular complexity index is 1110. The number of nitrogens with zero attached hydrogens (tertiary/aromatic N) is 3. The van der Waals surface area contributed by atoms with E-state index in [1.165, 1.54) is 0 Å². The molecular formula is C25H28ClN3O2. The minimum Gasteiger partial charge on any atom is -0.507 e. The summed E-state index contributed by atoms with van der Waals surface area (Å²) in [5, 5.41) is 11.6. The van der Waals surface area contributed by atoms with E-state index in [4.69, 9.17) is 11.6 Å². The number of aromatic hydroxyl groups is 1. The molecule has 1 aromatic heterocycles. The second kappa shape index (κ2) is 9.27. The predicted octanol–water partition coefficient (Wildman–Crippen LogP) is 3.90. The maximum atomic E-state index is 13.8. The Morgan fingerprint density at radius 3 is 2.39 bits per heavy atom. The van der Waals surface area contributed by atoms with Crippen molar-refractivity contribution in [2.24, 2.45) is 0 Å². The first kappa shape index (κ1) is 21.6. The van der Waals surface area contributed by atoms with Crippen LogP contribution in [-0.4, -0.2) is 52.7 Å². The molecule has 0 radical (unpaired) electrons. The number of hydrogen-bond donors (Lipinski definition) is 1. The number of hydrogen-bond acceptors (Lipinski definition) is 4. The van der Waals surface area contributed by atoms with Crippen LogP contribution in [0.25, 0.3) is 0 Å². The van der Waals surface area contributed by atoms with E-state index in [9.17, 15) is 9.90 Å². The molecule has 2 aromatic carbocycles. The van der Waals surface area contributed by atoms with Crippen LogP contribution >= 0.6 is 11.6 Å². The molecule has 1 N–H and O–H groups in total. The molecule has 1 saturated heterocycles. The zero-order chi connectivity index (χ0) is 22.0. The highest BCUT2D eigenvalue weighted by atomic mass is 35.5. The molecule has 1 aliphatic heterocycles. The first-order valence-electron chi connectivity index (χ1n) is 10.6. The molecule has 3 aromatic rings. The maximum absolute atomic E-state index is 13.8. The summed E-state index contributed by atoms with van der Waals surface area (Å²) in [6, 6.07) is 18.9. The molecule has 31 heavy (non-hydrogen) atoms. The van der Waals surface area contributed by atoms with Gasteiger partial charge in [-0.2, -0.15) is 0 Å². The van der Waals surface area contributed by atoms with Crippen molar-refractivity contribution in [3.63, 3.8) is 0 Å². The standard InChI is InChI=1S/C25H28ClN3O2/c1-18-15-22(30)23(25(31)29(18)17-19-7-4-3-5-8-19)24(20-9-6-10-21(26)16-20)28-13-11-27(2)12-14-28/h3-10,15-16,24,30H,11-14,17H2,1-2H3. The molecule has 0 spiro atoms. The summed E-state index contributed by atoms with van der Waals surface area (Å²) in [6.07, 6.45) is 0. The van der Waals surface area contributed by atoms with Crippen LogP contribution in [0.5, 0.6) is 5.75 Å². The fraction of sp³-hybridized carbons (Fsp3) is 0.320. The van der Waals surface area contributed by atoms with Crippen LogP contribution in [0.2, 0.25) is 5.02 Å². The Balaban J connectivity index is 1.84. The second-order valence-electron chi connectivity index (χ2n) is 8.26. The fourth-order valence-corrected chi connectivity index (χ4v) is 4.50. The lowest BCUT2D eigenvalue weighted by atomic mass is 9.96. The lowest BCUT2D eigenvalue weighted by Gasteiger charge is -2.38. The van der Waals surface area contributed by atoms with E-state index >= 15 is 0 Å². The smallest absolute Gasteiger partial charge is 0.259 e. The van der Waals surface area contributed by atoms with E-state index in [-0.39, 0.29) is 17.4 Å². The molecular weight excluding hydrogens is 410 g/mol. The van der Waals surface area contributed by atoms with Crippen molar-refractivity contribution in [3.8, 4) is 5.75 Å². The topological polar surface area (TPSA) is 48.7 Å². The molecule has 0 saturated carbocycles. The molecule has 1 aliphatic rings. The van der Waals surface area contributed by atoms with E-state index in [1.807, 2.05) is 61.5 Å². The summed E-state index contributed by atoms with van der Waals surface area (Å²) in [6.45, 7) is 5.74. The molecule has 1 atom stereocenters. The number of likely N-dealkylation sites (N-methyl/N-ethyl adjacent to an activating group) is 1. The van der Waals surface area contributed by atoms with Crippen LogP contribution in [-0.2, 0) is 6.54 Å². The summed E-state index contributed by atoms with van der Waals surface area (Å²) in [7, 11) is 2.10. The Morgan fingerprint density at radius 1 is 1.00 bits per heavy atom. The van der Waals surface area contributed by atoms with Crippen molar-refractivity contribution in [3.05, 3.63) is 98.4 Å². The van der Waals surface area contributed by atoms with Crippen LogP contribution in [0.1, 0.15) is 28.4 Å². The van der Waals surface area contributed by atoms with Crippen molar-refractivity contribution in [1.82, 2.24) is 14.4 Å². The number of aromatic nitrogens is 1. The lowest BCUT2D eigenvalue weighted by molar-refractivity contribution is 0.125. The number of benzene rings is 2. The summed E-state index contributed by atoms with van der Waals surface area (Å²) in [5.41, 5.74) is 2.94. The third-order valence-electron chi connectivity index (χ3n) is 6.05. The summed E-state index contributed by atoms with van der Waals surface area (Å²) < 4.78 is 1.75. The van der Waals surface area contributed by atoms with Crippen molar-refractivity contribution in [2.75, 3.05) is 33.2 Å². The molecule has 1 unspecified atom stereocenters. The van der Waals surface area contributed by atoms with Crippen molar-refractivity contribution in [1.29, 1.82) is 0 Å². The van der Waals surface area contributed by atoms with E-state index in [2.05, 4.69) is 16.8 Å². The molecule has 4 rings (SSSR count). The number of rotatable bonds is 5. The fourth-order valence-electron chi connectivity index (χ4n) is 4.31. The van der Waals surface area contributed by atoms with Crippen LogP contribution in [0.4, 0.5) is 0 Å². The molecule has 1 fully saturated rings. The Hall–Kier alpha value is -2.60. The van der Waals surface area contributed by atoms with Crippen LogP contribution in [0.3, 0.4) is 0 Å². The van der Waals surface area contributed by atoms with Gasteiger partial charge in [0.25, 0.3) is 5.56 Å². The molecule has 162 valence electrons. The van der Waals surface area contributed by atoms with Gasteiger partial charge >= 0.3 is 0 Å². The van der Waals surface area contributed by atoms with E-state index < -0.39 is 0 Å². The van der Waals surface area contributed by atoms with Gasteiger partial charge in [0, 0.05) is 36.9 Å². The van der Waals surface area contributed by atoms with E-state index in [0.29, 0.717) is 17.1 Å². The van der Waals surface area contributed by atoms with Gasteiger partial charge in [-0.1, -0.05) is 54.1 Å². The lowest BCUT2D eigenvalue weighted by Crippen LogP contribution is -2.47. The van der Waals surface area contributed by atoms with Crippen LogP contribution in [0.15, 0.2) is 65.5 Å². The minimum absolute atomic E-state index is 0.0377. The zero-order valence-electron chi connectivity index (χ0n) is 18.0. The maximum Gasteiger partial charge on any atom is 0.259 e. The first-order chi connectivity index (χ1) is 14.9. The van der Waals surface area contributed by atoms with Gasteiger partial charge in [-0.15, -0.1) is 0 Å². The zero-order valence-corrected chi connectivity index (χ0v) is 18.7.